The third-order valence-corrected chi connectivity index (χ3v) is 5.62. The first kappa shape index (κ1) is 17.5. The first-order valence-corrected chi connectivity index (χ1v) is 9.39. The van der Waals surface area contributed by atoms with Crippen molar-refractivity contribution in [3.8, 4) is 0 Å². The van der Waals surface area contributed by atoms with Crippen molar-refractivity contribution < 1.29 is 9.59 Å². The van der Waals surface area contributed by atoms with Crippen molar-refractivity contribution in [3.63, 3.8) is 0 Å². The molecule has 5 nitrogen and oxygen atoms in total. The van der Waals surface area contributed by atoms with Gasteiger partial charge in [0.2, 0.25) is 11.8 Å². The largest absolute Gasteiger partial charge is 0.366 e. The number of hydrogen-bond acceptors (Lipinski definition) is 3. The smallest absolute Gasteiger partial charge is 0.248 e. The van der Waals surface area contributed by atoms with Crippen molar-refractivity contribution in [3.05, 3.63) is 70.0 Å². The SMILES string of the molecule is CC(=O)N1CCC(=C2c3ccc(C(N)=O)cc3CCc3cccnc32)CC1. The van der Waals surface area contributed by atoms with Crippen LogP contribution in [0.1, 0.15) is 52.5 Å². The highest BCUT2D eigenvalue weighted by Gasteiger charge is 2.25. The van der Waals surface area contributed by atoms with E-state index in [4.69, 9.17) is 10.7 Å². The van der Waals surface area contributed by atoms with Gasteiger partial charge in [0.05, 0.1) is 5.69 Å². The lowest BCUT2D eigenvalue weighted by Crippen LogP contribution is -2.34. The molecule has 0 unspecified atom stereocenters. The number of amides is 2. The van der Waals surface area contributed by atoms with Gasteiger partial charge in [-0.2, -0.15) is 0 Å². The Bertz CT molecular complexity index is 952. The van der Waals surface area contributed by atoms with Crippen LogP contribution in [-0.4, -0.2) is 34.8 Å². The number of fused-ring (bicyclic) bond motifs is 2. The Balaban J connectivity index is 1.86. The van der Waals surface area contributed by atoms with Gasteiger partial charge in [-0.1, -0.05) is 17.7 Å². The molecular weight excluding hydrogens is 338 g/mol. The van der Waals surface area contributed by atoms with Gasteiger partial charge in [0.15, 0.2) is 0 Å². The highest BCUT2D eigenvalue weighted by Crippen LogP contribution is 2.37. The maximum atomic E-state index is 11.7. The number of rotatable bonds is 1. The molecule has 0 saturated carbocycles. The minimum atomic E-state index is -0.401. The molecule has 2 aromatic rings. The van der Waals surface area contributed by atoms with Gasteiger partial charge in [-0.05, 0) is 60.6 Å². The highest BCUT2D eigenvalue weighted by molar-refractivity contribution is 5.94. The van der Waals surface area contributed by atoms with E-state index < -0.39 is 5.91 Å². The molecule has 4 rings (SSSR count). The topological polar surface area (TPSA) is 76.3 Å². The molecule has 1 fully saturated rings. The van der Waals surface area contributed by atoms with Gasteiger partial charge in [0.1, 0.15) is 0 Å². The fourth-order valence-electron chi connectivity index (χ4n) is 4.16. The molecule has 1 aliphatic carbocycles. The summed E-state index contributed by atoms with van der Waals surface area (Å²) in [5.41, 5.74) is 13.1. The number of aromatic nitrogens is 1. The zero-order valence-corrected chi connectivity index (χ0v) is 15.5. The summed E-state index contributed by atoms with van der Waals surface area (Å²) in [5, 5.41) is 0. The minimum Gasteiger partial charge on any atom is -0.366 e. The van der Waals surface area contributed by atoms with Crippen LogP contribution in [0.5, 0.6) is 0 Å². The van der Waals surface area contributed by atoms with Crippen molar-refractivity contribution >= 4 is 17.4 Å². The van der Waals surface area contributed by atoms with Crippen LogP contribution in [0.3, 0.4) is 0 Å². The lowest BCUT2D eigenvalue weighted by atomic mass is 9.88. The Morgan fingerprint density at radius 1 is 1.04 bits per heavy atom. The van der Waals surface area contributed by atoms with Gasteiger partial charge in [0, 0.05) is 37.3 Å². The number of hydrogen-bond donors (Lipinski definition) is 1. The first-order chi connectivity index (χ1) is 13.0. The van der Waals surface area contributed by atoms with Crippen molar-refractivity contribution in [2.45, 2.75) is 32.6 Å². The lowest BCUT2D eigenvalue weighted by Gasteiger charge is -2.29. The molecule has 5 heteroatoms. The number of benzene rings is 1. The Kier molecular flexibility index (Phi) is 4.52. The second-order valence-electron chi connectivity index (χ2n) is 7.23. The number of primary amides is 1. The van der Waals surface area contributed by atoms with E-state index in [9.17, 15) is 9.59 Å². The molecule has 2 N–H and O–H groups in total. The van der Waals surface area contributed by atoms with Gasteiger partial charge in [-0.25, -0.2) is 0 Å². The molecule has 0 atom stereocenters. The molecular formula is C22H23N3O2. The van der Waals surface area contributed by atoms with Crippen LogP contribution in [0.4, 0.5) is 0 Å². The van der Waals surface area contributed by atoms with E-state index in [0.29, 0.717) is 5.56 Å². The molecule has 1 aromatic heterocycles. The second kappa shape index (κ2) is 6.99. The summed E-state index contributed by atoms with van der Waals surface area (Å²) < 4.78 is 0. The fraction of sp³-hybridized carbons (Fsp3) is 0.318. The molecule has 0 spiro atoms. The summed E-state index contributed by atoms with van der Waals surface area (Å²) in [7, 11) is 0. The number of likely N-dealkylation sites (tertiary alicyclic amines) is 1. The van der Waals surface area contributed by atoms with E-state index in [1.54, 1.807) is 13.0 Å². The number of nitrogens with two attached hydrogens (primary N) is 1. The summed E-state index contributed by atoms with van der Waals surface area (Å²) in [4.78, 5) is 29.9. The van der Waals surface area contributed by atoms with Crippen molar-refractivity contribution in [2.75, 3.05) is 13.1 Å². The normalized spacial score (nSPS) is 16.4. The predicted octanol–water partition coefficient (Wildman–Crippen LogP) is 2.72. The molecule has 1 saturated heterocycles. The molecule has 2 heterocycles. The van der Waals surface area contributed by atoms with Gasteiger partial charge in [-0.15, -0.1) is 0 Å². The van der Waals surface area contributed by atoms with Crippen LogP contribution in [0, 0.1) is 0 Å². The van der Waals surface area contributed by atoms with Crippen molar-refractivity contribution in [2.24, 2.45) is 5.73 Å². The molecule has 1 aromatic carbocycles. The molecule has 0 radical (unpaired) electrons. The Morgan fingerprint density at radius 3 is 2.48 bits per heavy atom. The zero-order chi connectivity index (χ0) is 19.0. The van der Waals surface area contributed by atoms with Crippen LogP contribution >= 0.6 is 0 Å². The highest BCUT2D eigenvalue weighted by atomic mass is 16.2. The van der Waals surface area contributed by atoms with E-state index in [1.807, 2.05) is 29.3 Å². The van der Waals surface area contributed by atoms with Gasteiger partial charge in [0.25, 0.3) is 0 Å². The van der Waals surface area contributed by atoms with E-state index in [-0.39, 0.29) is 5.91 Å². The van der Waals surface area contributed by atoms with E-state index in [0.717, 1.165) is 55.6 Å². The van der Waals surface area contributed by atoms with Crippen LogP contribution in [0.15, 0.2) is 42.1 Å². The summed E-state index contributed by atoms with van der Waals surface area (Å²) in [6.45, 7) is 3.11. The summed E-state index contributed by atoms with van der Waals surface area (Å²) >= 11 is 0. The van der Waals surface area contributed by atoms with Crippen molar-refractivity contribution in [1.82, 2.24) is 9.88 Å². The maximum absolute atomic E-state index is 11.7. The standard InChI is InChI=1S/C22H23N3O2/c1-14(26)25-11-8-15(9-12-25)20-19-7-6-18(22(23)27)13-17(19)5-4-16-3-2-10-24-21(16)20/h2-3,6-7,10,13H,4-5,8-9,11-12H2,1H3,(H2,23,27). The average molecular weight is 361 g/mol. The number of carbonyl (C=O) groups excluding carboxylic acids is 2. The molecule has 2 amide bonds. The molecule has 2 aliphatic rings. The minimum absolute atomic E-state index is 0.130. The molecule has 138 valence electrons. The second-order valence-corrected chi connectivity index (χ2v) is 7.23. The Labute approximate surface area is 158 Å². The quantitative estimate of drug-likeness (QED) is 0.848. The first-order valence-electron chi connectivity index (χ1n) is 9.39. The van der Waals surface area contributed by atoms with Crippen LogP contribution in [-0.2, 0) is 17.6 Å². The molecule has 0 bridgehead atoms. The lowest BCUT2D eigenvalue weighted by molar-refractivity contribution is -0.129. The summed E-state index contributed by atoms with van der Waals surface area (Å²) in [5.74, 6) is -0.272. The number of carbonyl (C=O) groups is 2. The van der Waals surface area contributed by atoms with Crippen LogP contribution in [0.25, 0.3) is 5.57 Å². The number of nitrogens with zero attached hydrogens (tertiary/aromatic N) is 2. The van der Waals surface area contributed by atoms with Gasteiger partial charge >= 0.3 is 0 Å². The molecule has 27 heavy (non-hydrogen) atoms. The summed E-state index contributed by atoms with van der Waals surface area (Å²) in [6, 6.07) is 9.85. The fourth-order valence-corrected chi connectivity index (χ4v) is 4.16. The van der Waals surface area contributed by atoms with Crippen molar-refractivity contribution in [1.29, 1.82) is 0 Å². The van der Waals surface area contributed by atoms with Gasteiger partial charge in [-0.3, -0.25) is 14.6 Å². The zero-order valence-electron chi connectivity index (χ0n) is 15.5. The Hall–Kier alpha value is -2.95. The number of piperidine rings is 1. The van der Waals surface area contributed by atoms with E-state index in [1.165, 1.54) is 16.7 Å². The van der Waals surface area contributed by atoms with Crippen LogP contribution in [0.2, 0.25) is 0 Å². The molecule has 1 aliphatic heterocycles. The summed E-state index contributed by atoms with van der Waals surface area (Å²) in [6.07, 6.45) is 5.27. The average Bonchev–Trinajstić information content (AvgIpc) is 2.84. The number of aryl methyl sites for hydroxylation is 2. The maximum Gasteiger partial charge on any atom is 0.248 e. The monoisotopic (exact) mass is 361 g/mol. The predicted molar refractivity (Wildman–Crippen MR) is 104 cm³/mol. The van der Waals surface area contributed by atoms with E-state index >= 15 is 0 Å². The number of pyridine rings is 1. The third-order valence-electron chi connectivity index (χ3n) is 5.62. The Morgan fingerprint density at radius 2 is 1.78 bits per heavy atom. The van der Waals surface area contributed by atoms with E-state index in [2.05, 4.69) is 6.07 Å². The third kappa shape index (κ3) is 3.25. The van der Waals surface area contributed by atoms with Gasteiger partial charge < -0.3 is 10.6 Å². The van der Waals surface area contributed by atoms with Crippen LogP contribution < -0.4 is 5.73 Å².